The molecule has 1 amide bonds. The van der Waals surface area contributed by atoms with Crippen molar-refractivity contribution in [1.29, 1.82) is 0 Å². The molecule has 0 radical (unpaired) electrons. The Kier molecular flexibility index (Phi) is 6.84. The smallest absolute Gasteiger partial charge is 0.404 e. The highest BCUT2D eigenvalue weighted by molar-refractivity contribution is 5.94. The molecule has 0 unspecified atom stereocenters. The largest absolute Gasteiger partial charge is 0.573 e. The van der Waals surface area contributed by atoms with Gasteiger partial charge in [0, 0.05) is 50.2 Å². The number of fused-ring (bicyclic) bond motifs is 3. The number of carbonyl (C=O) groups is 1. The number of amides is 1. The number of likely N-dealkylation sites (N-methyl/N-ethyl adjacent to an activating group) is 1. The summed E-state index contributed by atoms with van der Waals surface area (Å²) >= 11 is 0. The Hall–Kier alpha value is -3.91. The second-order valence-corrected chi connectivity index (χ2v) is 9.26. The van der Waals surface area contributed by atoms with Crippen LogP contribution < -0.4 is 26.4 Å². The maximum absolute atomic E-state index is 13.2. The van der Waals surface area contributed by atoms with Crippen molar-refractivity contribution in [1.82, 2.24) is 24.6 Å². The van der Waals surface area contributed by atoms with Crippen molar-refractivity contribution >= 4 is 23.2 Å². The predicted octanol–water partition coefficient (Wildman–Crippen LogP) is 1.89. The zero-order chi connectivity index (χ0) is 27.0. The van der Waals surface area contributed by atoms with E-state index in [1.54, 1.807) is 23.0 Å². The van der Waals surface area contributed by atoms with E-state index in [4.69, 9.17) is 11.5 Å². The van der Waals surface area contributed by atoms with Gasteiger partial charge in [0.2, 0.25) is 5.95 Å². The standard InChI is InChI=1S/C24H28F3N9O2/c1-34-8-10-35(11-9-34)15-3-5-18(38-24(25,26)27)17(12-15)31-23-30-13-14-2-4-16-20(22(29)37)33-36(7-6-28)21(16)19(14)32-23/h3,5,12-13H,2,4,6-11,28H2,1H3,(H2,29,37)(H,30,31,32). The van der Waals surface area contributed by atoms with Gasteiger partial charge in [-0.2, -0.15) is 5.10 Å². The predicted molar refractivity (Wildman–Crippen MR) is 134 cm³/mol. The van der Waals surface area contributed by atoms with Gasteiger partial charge in [-0.05, 0) is 43.7 Å². The Morgan fingerprint density at radius 3 is 2.63 bits per heavy atom. The maximum atomic E-state index is 13.2. The molecular formula is C24H28F3N9O2. The zero-order valence-electron chi connectivity index (χ0n) is 20.8. The monoisotopic (exact) mass is 531 g/mol. The fourth-order valence-electron chi connectivity index (χ4n) is 4.81. The molecule has 1 aliphatic carbocycles. The number of ether oxygens (including phenoxy) is 1. The Labute approximate surface area is 216 Å². The summed E-state index contributed by atoms with van der Waals surface area (Å²) < 4.78 is 45.4. The Bertz CT molecular complexity index is 1350. The van der Waals surface area contributed by atoms with Crippen molar-refractivity contribution in [3.8, 4) is 17.1 Å². The van der Waals surface area contributed by atoms with E-state index in [9.17, 15) is 18.0 Å². The van der Waals surface area contributed by atoms with Gasteiger partial charge in [0.05, 0.1) is 23.6 Å². The van der Waals surface area contributed by atoms with Crippen LogP contribution in [-0.4, -0.2) is 76.7 Å². The van der Waals surface area contributed by atoms with E-state index < -0.39 is 18.0 Å². The topological polar surface area (TPSA) is 140 Å². The van der Waals surface area contributed by atoms with E-state index in [1.165, 1.54) is 6.07 Å². The third-order valence-corrected chi connectivity index (χ3v) is 6.66. The number of nitrogens with two attached hydrogens (primary N) is 2. The first-order chi connectivity index (χ1) is 18.1. The van der Waals surface area contributed by atoms with E-state index >= 15 is 0 Å². The number of primary amides is 1. The number of nitrogens with one attached hydrogen (secondary N) is 1. The average molecular weight is 532 g/mol. The lowest BCUT2D eigenvalue weighted by Crippen LogP contribution is -2.44. The van der Waals surface area contributed by atoms with Gasteiger partial charge in [-0.1, -0.05) is 0 Å². The number of anilines is 3. The average Bonchev–Trinajstić information content (AvgIpc) is 3.24. The van der Waals surface area contributed by atoms with E-state index in [-0.39, 0.29) is 23.9 Å². The summed E-state index contributed by atoms with van der Waals surface area (Å²) in [5.74, 6) is -0.982. The molecular weight excluding hydrogens is 503 g/mol. The minimum atomic E-state index is -4.88. The molecule has 5 N–H and O–H groups in total. The normalized spacial score (nSPS) is 15.7. The number of piperazine rings is 1. The number of nitrogens with zero attached hydrogens (tertiary/aromatic N) is 6. The number of benzene rings is 1. The molecule has 11 nitrogen and oxygen atoms in total. The molecule has 0 saturated carbocycles. The molecule has 14 heteroatoms. The number of aryl methyl sites for hydroxylation is 1. The summed E-state index contributed by atoms with van der Waals surface area (Å²) in [7, 11) is 2.02. The summed E-state index contributed by atoms with van der Waals surface area (Å²) in [6.07, 6.45) is -2.18. The highest BCUT2D eigenvalue weighted by atomic mass is 19.4. The molecule has 5 rings (SSSR count). The van der Waals surface area contributed by atoms with Crippen LogP contribution in [0.1, 0.15) is 21.6 Å². The van der Waals surface area contributed by atoms with E-state index in [0.717, 1.165) is 37.4 Å². The Morgan fingerprint density at radius 1 is 1.18 bits per heavy atom. The fourth-order valence-corrected chi connectivity index (χ4v) is 4.81. The molecule has 1 saturated heterocycles. The van der Waals surface area contributed by atoms with Gasteiger partial charge in [-0.25, -0.2) is 9.97 Å². The quantitative estimate of drug-likeness (QED) is 0.417. The van der Waals surface area contributed by atoms with Crippen molar-refractivity contribution < 1.29 is 22.7 Å². The SMILES string of the molecule is CN1CCN(c2ccc(OC(F)(F)F)c(Nc3ncc4c(n3)-c3c(c(C(N)=O)nn3CCN)CC4)c2)CC1. The molecule has 1 aliphatic heterocycles. The van der Waals surface area contributed by atoms with Gasteiger partial charge in [-0.3, -0.25) is 9.48 Å². The van der Waals surface area contributed by atoms with Crippen LogP contribution in [0.2, 0.25) is 0 Å². The first-order valence-electron chi connectivity index (χ1n) is 12.2. The Morgan fingerprint density at radius 2 is 1.95 bits per heavy atom. The number of carbonyl (C=O) groups excluding carboxylic acids is 1. The number of hydrogen-bond donors (Lipinski definition) is 3. The van der Waals surface area contributed by atoms with Crippen LogP contribution in [0.4, 0.5) is 30.5 Å². The van der Waals surface area contributed by atoms with Crippen LogP contribution in [0.5, 0.6) is 5.75 Å². The summed E-state index contributed by atoms with van der Waals surface area (Å²) in [5, 5.41) is 7.26. The number of alkyl halides is 3. The molecule has 3 heterocycles. The number of aromatic nitrogens is 4. The lowest BCUT2D eigenvalue weighted by Gasteiger charge is -2.34. The molecule has 2 aliphatic rings. The van der Waals surface area contributed by atoms with Crippen LogP contribution in [0, 0.1) is 0 Å². The van der Waals surface area contributed by atoms with Gasteiger partial charge in [0.15, 0.2) is 11.4 Å². The third kappa shape index (κ3) is 5.22. The lowest BCUT2D eigenvalue weighted by molar-refractivity contribution is -0.274. The number of halogens is 3. The molecule has 0 bridgehead atoms. The summed E-state index contributed by atoms with van der Waals surface area (Å²) in [5.41, 5.74) is 14.9. The first-order valence-corrected chi connectivity index (χ1v) is 12.2. The summed E-state index contributed by atoms with van der Waals surface area (Å²) in [6, 6.07) is 4.49. The van der Waals surface area contributed by atoms with E-state index in [1.807, 2.05) is 7.05 Å². The van der Waals surface area contributed by atoms with Crippen molar-refractivity contribution in [3.05, 3.63) is 41.2 Å². The van der Waals surface area contributed by atoms with Crippen LogP contribution in [0.3, 0.4) is 0 Å². The third-order valence-electron chi connectivity index (χ3n) is 6.66. The lowest BCUT2D eigenvalue weighted by atomic mass is 9.93. The maximum Gasteiger partial charge on any atom is 0.573 e. The van der Waals surface area contributed by atoms with Crippen molar-refractivity contribution in [2.24, 2.45) is 11.5 Å². The minimum Gasteiger partial charge on any atom is -0.404 e. The van der Waals surface area contributed by atoms with Crippen molar-refractivity contribution in [2.75, 3.05) is 50.0 Å². The van der Waals surface area contributed by atoms with Gasteiger partial charge in [0.25, 0.3) is 5.91 Å². The first kappa shape index (κ1) is 25.7. The van der Waals surface area contributed by atoms with Gasteiger partial charge < -0.3 is 31.3 Å². The molecule has 0 atom stereocenters. The highest BCUT2D eigenvalue weighted by Crippen LogP contribution is 2.37. The molecule has 0 spiro atoms. The molecule has 1 aromatic carbocycles. The molecule has 3 aromatic rings. The number of hydrogen-bond acceptors (Lipinski definition) is 9. The Balaban J connectivity index is 1.52. The number of rotatable bonds is 7. The molecule has 2 aromatic heterocycles. The van der Waals surface area contributed by atoms with E-state index in [2.05, 4.69) is 34.9 Å². The summed E-state index contributed by atoms with van der Waals surface area (Å²) in [6.45, 7) is 3.75. The molecule has 38 heavy (non-hydrogen) atoms. The highest BCUT2D eigenvalue weighted by Gasteiger charge is 2.33. The zero-order valence-corrected chi connectivity index (χ0v) is 20.8. The van der Waals surface area contributed by atoms with Gasteiger partial charge >= 0.3 is 6.36 Å². The van der Waals surface area contributed by atoms with Crippen LogP contribution in [0.25, 0.3) is 11.4 Å². The van der Waals surface area contributed by atoms with Crippen LogP contribution in [-0.2, 0) is 19.4 Å². The van der Waals surface area contributed by atoms with E-state index in [0.29, 0.717) is 36.3 Å². The fraction of sp³-hybridized carbons (Fsp3) is 0.417. The van der Waals surface area contributed by atoms with Crippen LogP contribution >= 0.6 is 0 Å². The second kappa shape index (κ2) is 10.1. The van der Waals surface area contributed by atoms with Gasteiger partial charge in [-0.15, -0.1) is 13.2 Å². The van der Waals surface area contributed by atoms with Crippen molar-refractivity contribution in [3.63, 3.8) is 0 Å². The summed E-state index contributed by atoms with van der Waals surface area (Å²) in [4.78, 5) is 25.2. The minimum absolute atomic E-state index is 0.0697. The second-order valence-electron chi connectivity index (χ2n) is 9.26. The van der Waals surface area contributed by atoms with Crippen molar-refractivity contribution in [2.45, 2.75) is 25.7 Å². The van der Waals surface area contributed by atoms with Gasteiger partial charge in [0.1, 0.15) is 0 Å². The molecule has 1 fully saturated rings. The van der Waals surface area contributed by atoms with Crippen LogP contribution in [0.15, 0.2) is 24.4 Å². The molecule has 202 valence electrons.